The van der Waals surface area contributed by atoms with Gasteiger partial charge in [0.2, 0.25) is 0 Å². The fourth-order valence-electron chi connectivity index (χ4n) is 2.74. The minimum Gasteiger partial charge on any atom is -0.342 e. The van der Waals surface area contributed by atoms with Crippen LogP contribution in [0.4, 0.5) is 0 Å². The number of halogens is 2. The lowest BCUT2D eigenvalue weighted by molar-refractivity contribution is 0.0937. The molecule has 1 heterocycles. The van der Waals surface area contributed by atoms with Gasteiger partial charge in [-0.2, -0.15) is 0 Å². The van der Waals surface area contributed by atoms with Gasteiger partial charge in [0, 0.05) is 17.3 Å². The molecular formula is C21H20Cl2N4OS. The molecule has 0 saturated carbocycles. The van der Waals surface area contributed by atoms with Crippen molar-refractivity contribution in [3.05, 3.63) is 88.2 Å². The third-order valence-corrected chi connectivity index (χ3v) is 5.81. The van der Waals surface area contributed by atoms with E-state index in [0.717, 1.165) is 16.5 Å². The molecule has 1 atom stereocenters. The van der Waals surface area contributed by atoms with Gasteiger partial charge in [-0.25, -0.2) is 0 Å². The van der Waals surface area contributed by atoms with E-state index in [2.05, 4.69) is 22.1 Å². The maximum absolute atomic E-state index is 12.6. The molecule has 5 nitrogen and oxygen atoms in total. The Morgan fingerprint density at radius 1 is 1.21 bits per heavy atom. The number of aromatic nitrogens is 3. The smallest absolute Gasteiger partial charge is 0.253 e. The first-order valence-electron chi connectivity index (χ1n) is 8.96. The minimum absolute atomic E-state index is 0.258. The molecule has 0 radical (unpaired) electrons. The van der Waals surface area contributed by atoms with Crippen LogP contribution in [0.5, 0.6) is 0 Å². The molecule has 0 aliphatic rings. The third kappa shape index (κ3) is 5.41. The Morgan fingerprint density at radius 2 is 1.93 bits per heavy atom. The van der Waals surface area contributed by atoms with Crippen LogP contribution < -0.4 is 5.32 Å². The predicted octanol–water partition coefficient (Wildman–Crippen LogP) is 5.55. The van der Waals surface area contributed by atoms with E-state index >= 15 is 0 Å². The summed E-state index contributed by atoms with van der Waals surface area (Å²) in [6.45, 7) is 6.23. The summed E-state index contributed by atoms with van der Waals surface area (Å²) in [5.74, 6) is 1.13. The van der Waals surface area contributed by atoms with E-state index in [9.17, 15) is 4.79 Å². The number of allylic oxidation sites excluding steroid dienone is 1. The Balaban J connectivity index is 1.74. The number of carbonyl (C=O) groups is 1. The number of amides is 1. The molecule has 2 aromatic carbocycles. The van der Waals surface area contributed by atoms with Crippen LogP contribution in [0.15, 0.2) is 66.3 Å². The molecule has 0 bridgehead atoms. The Hall–Kier alpha value is -2.28. The van der Waals surface area contributed by atoms with Crippen molar-refractivity contribution in [3.8, 4) is 0 Å². The molecule has 0 aliphatic carbocycles. The van der Waals surface area contributed by atoms with E-state index in [0.29, 0.717) is 28.0 Å². The molecule has 0 spiro atoms. The first-order chi connectivity index (χ1) is 14.0. The molecule has 150 valence electrons. The highest BCUT2D eigenvalue weighted by Crippen LogP contribution is 2.25. The lowest BCUT2D eigenvalue weighted by Gasteiger charge is -2.15. The van der Waals surface area contributed by atoms with Gasteiger partial charge in [0.1, 0.15) is 0 Å². The summed E-state index contributed by atoms with van der Waals surface area (Å²) >= 11 is 13.6. The average Bonchev–Trinajstić information content (AvgIpc) is 3.11. The molecule has 0 saturated heterocycles. The molecule has 0 unspecified atom stereocenters. The second-order valence-electron chi connectivity index (χ2n) is 6.33. The molecule has 1 aromatic heterocycles. The highest BCUT2D eigenvalue weighted by atomic mass is 35.5. The summed E-state index contributed by atoms with van der Waals surface area (Å²) in [6.07, 6.45) is 1.78. The van der Waals surface area contributed by atoms with Crippen molar-refractivity contribution in [2.45, 2.75) is 30.4 Å². The van der Waals surface area contributed by atoms with Crippen molar-refractivity contribution in [1.82, 2.24) is 20.1 Å². The number of rotatable bonds is 8. The van der Waals surface area contributed by atoms with Crippen LogP contribution in [-0.4, -0.2) is 20.7 Å². The number of benzene rings is 2. The summed E-state index contributed by atoms with van der Waals surface area (Å²) in [5.41, 5.74) is 1.56. The Bertz CT molecular complexity index is 1000. The molecular weight excluding hydrogens is 427 g/mol. The SMILES string of the molecule is C=CCn1c(SCc2ccc(Cl)cc2)nnc1[C@@H](C)NC(=O)c1ccccc1Cl. The average molecular weight is 447 g/mol. The van der Waals surface area contributed by atoms with Gasteiger partial charge in [-0.3, -0.25) is 4.79 Å². The van der Waals surface area contributed by atoms with Crippen molar-refractivity contribution in [2.75, 3.05) is 0 Å². The minimum atomic E-state index is -0.351. The van der Waals surface area contributed by atoms with Gasteiger partial charge in [0.05, 0.1) is 16.6 Å². The lowest BCUT2D eigenvalue weighted by atomic mass is 10.2. The van der Waals surface area contributed by atoms with Crippen LogP contribution in [-0.2, 0) is 12.3 Å². The van der Waals surface area contributed by atoms with E-state index in [1.807, 2.05) is 35.8 Å². The molecule has 1 N–H and O–H groups in total. The molecule has 0 aliphatic heterocycles. The van der Waals surface area contributed by atoms with E-state index in [4.69, 9.17) is 23.2 Å². The van der Waals surface area contributed by atoms with Crippen LogP contribution >= 0.6 is 35.0 Å². The fourth-order valence-corrected chi connectivity index (χ4v) is 4.00. The number of carbonyl (C=O) groups excluding carboxylic acids is 1. The summed E-state index contributed by atoms with van der Waals surface area (Å²) in [6, 6.07) is 14.3. The first-order valence-corrected chi connectivity index (χ1v) is 10.7. The number of thioether (sulfide) groups is 1. The quantitative estimate of drug-likeness (QED) is 0.363. The first kappa shape index (κ1) is 21.4. The van der Waals surface area contributed by atoms with Crippen LogP contribution in [0.25, 0.3) is 0 Å². The van der Waals surface area contributed by atoms with E-state index in [1.165, 1.54) is 0 Å². The third-order valence-electron chi connectivity index (χ3n) is 4.19. The summed E-state index contributed by atoms with van der Waals surface area (Å²) in [5, 5.41) is 13.4. The highest BCUT2D eigenvalue weighted by molar-refractivity contribution is 7.98. The molecule has 3 aromatic rings. The second-order valence-corrected chi connectivity index (χ2v) is 8.12. The lowest BCUT2D eigenvalue weighted by Crippen LogP contribution is -2.29. The Kier molecular flexibility index (Phi) is 7.36. The largest absolute Gasteiger partial charge is 0.342 e. The van der Waals surface area contributed by atoms with Crippen LogP contribution in [0, 0.1) is 0 Å². The predicted molar refractivity (Wildman–Crippen MR) is 119 cm³/mol. The van der Waals surface area contributed by atoms with E-state index in [-0.39, 0.29) is 11.9 Å². The molecule has 0 fully saturated rings. The van der Waals surface area contributed by atoms with Crippen molar-refractivity contribution < 1.29 is 4.79 Å². The van der Waals surface area contributed by atoms with Gasteiger partial charge in [0.15, 0.2) is 11.0 Å². The number of nitrogens with one attached hydrogen (secondary N) is 1. The molecule has 3 rings (SSSR count). The van der Waals surface area contributed by atoms with Crippen molar-refractivity contribution in [3.63, 3.8) is 0 Å². The van der Waals surface area contributed by atoms with Gasteiger partial charge >= 0.3 is 0 Å². The topological polar surface area (TPSA) is 59.8 Å². The monoisotopic (exact) mass is 446 g/mol. The molecule has 8 heteroatoms. The zero-order chi connectivity index (χ0) is 20.8. The van der Waals surface area contributed by atoms with Crippen LogP contribution in [0.1, 0.15) is 34.7 Å². The second kappa shape index (κ2) is 9.96. The van der Waals surface area contributed by atoms with E-state index < -0.39 is 0 Å². The summed E-state index contributed by atoms with van der Waals surface area (Å²) in [7, 11) is 0. The van der Waals surface area contributed by atoms with Gasteiger partial charge in [0.25, 0.3) is 5.91 Å². The number of hydrogen-bond acceptors (Lipinski definition) is 4. The van der Waals surface area contributed by atoms with Gasteiger partial charge in [-0.15, -0.1) is 16.8 Å². The summed E-state index contributed by atoms with van der Waals surface area (Å²) in [4.78, 5) is 12.6. The Labute approximate surface area is 184 Å². The van der Waals surface area contributed by atoms with E-state index in [1.54, 1.807) is 42.1 Å². The Morgan fingerprint density at radius 3 is 2.62 bits per heavy atom. The summed E-state index contributed by atoms with van der Waals surface area (Å²) < 4.78 is 1.95. The highest BCUT2D eigenvalue weighted by Gasteiger charge is 2.20. The zero-order valence-corrected chi connectivity index (χ0v) is 18.1. The molecule has 1 amide bonds. The molecule has 29 heavy (non-hydrogen) atoms. The zero-order valence-electron chi connectivity index (χ0n) is 15.8. The van der Waals surface area contributed by atoms with Gasteiger partial charge < -0.3 is 9.88 Å². The normalized spacial score (nSPS) is 11.8. The van der Waals surface area contributed by atoms with Crippen molar-refractivity contribution >= 4 is 40.9 Å². The maximum atomic E-state index is 12.6. The van der Waals surface area contributed by atoms with Crippen LogP contribution in [0.2, 0.25) is 10.0 Å². The number of nitrogens with zero attached hydrogens (tertiary/aromatic N) is 3. The fraction of sp³-hybridized carbons (Fsp3) is 0.190. The standard InChI is InChI=1S/C21H20Cl2N4OS/c1-3-12-27-19(14(2)24-20(28)17-6-4-5-7-18(17)23)25-26-21(27)29-13-15-8-10-16(22)11-9-15/h3-11,14H,1,12-13H2,2H3,(H,24,28)/t14-/m1/s1. The van der Waals surface area contributed by atoms with Crippen molar-refractivity contribution in [1.29, 1.82) is 0 Å². The number of hydrogen-bond donors (Lipinski definition) is 1. The van der Waals surface area contributed by atoms with Gasteiger partial charge in [-0.1, -0.05) is 65.3 Å². The maximum Gasteiger partial charge on any atom is 0.253 e. The van der Waals surface area contributed by atoms with Crippen molar-refractivity contribution in [2.24, 2.45) is 0 Å². The van der Waals surface area contributed by atoms with Gasteiger partial charge in [-0.05, 0) is 36.8 Å². The van der Waals surface area contributed by atoms with Crippen LogP contribution in [0.3, 0.4) is 0 Å².